The van der Waals surface area contributed by atoms with Gasteiger partial charge in [-0.3, -0.25) is 10.1 Å². The lowest BCUT2D eigenvalue weighted by Gasteiger charge is -2.15. The Labute approximate surface area is 107 Å². The van der Waals surface area contributed by atoms with Crippen LogP contribution in [0.25, 0.3) is 0 Å². The fourth-order valence-corrected chi connectivity index (χ4v) is 1.63. The Morgan fingerprint density at radius 3 is 2.65 bits per heavy atom. The van der Waals surface area contributed by atoms with Crippen LogP contribution in [0, 0.1) is 10.1 Å². The van der Waals surface area contributed by atoms with Gasteiger partial charge >= 0.3 is 0 Å². The average Bonchev–Trinajstić information content (AvgIpc) is 2.30. The van der Waals surface area contributed by atoms with Crippen molar-refractivity contribution in [2.24, 2.45) is 0 Å². The third-order valence-electron chi connectivity index (χ3n) is 2.14. The molecule has 0 unspecified atom stereocenters. The van der Waals surface area contributed by atoms with E-state index >= 15 is 0 Å². The molecule has 0 saturated carbocycles. The molecule has 6 nitrogen and oxygen atoms in total. The minimum atomic E-state index is -0.450. The number of nitro benzene ring substituents is 1. The second-order valence-corrected chi connectivity index (χ2v) is 4.12. The summed E-state index contributed by atoms with van der Waals surface area (Å²) in [6.07, 6.45) is -0.450. The van der Waals surface area contributed by atoms with Crippen LogP contribution in [-0.2, 0) is 9.47 Å². The van der Waals surface area contributed by atoms with Crippen LogP contribution in [0.3, 0.4) is 0 Å². The zero-order valence-corrected chi connectivity index (χ0v) is 11.1. The molecule has 1 N–H and O–H groups in total. The van der Waals surface area contributed by atoms with Crippen LogP contribution in [-0.4, -0.2) is 32.0 Å². The van der Waals surface area contributed by atoms with E-state index in [2.05, 4.69) is 21.2 Å². The molecule has 0 radical (unpaired) electrons. The van der Waals surface area contributed by atoms with Gasteiger partial charge in [-0.2, -0.15) is 0 Å². The second kappa shape index (κ2) is 6.53. The van der Waals surface area contributed by atoms with E-state index in [9.17, 15) is 10.1 Å². The Bertz CT molecular complexity index is 396. The minimum absolute atomic E-state index is 0.0131. The Morgan fingerprint density at radius 1 is 1.47 bits per heavy atom. The Morgan fingerprint density at radius 2 is 2.12 bits per heavy atom. The molecule has 1 aromatic rings. The van der Waals surface area contributed by atoms with Gasteiger partial charge in [0.15, 0.2) is 6.29 Å². The van der Waals surface area contributed by atoms with E-state index in [1.807, 2.05) is 0 Å². The van der Waals surface area contributed by atoms with E-state index in [0.29, 0.717) is 12.2 Å². The number of nitrogens with one attached hydrogen (secondary N) is 1. The molecule has 0 aliphatic carbocycles. The van der Waals surface area contributed by atoms with E-state index < -0.39 is 11.2 Å². The van der Waals surface area contributed by atoms with Crippen molar-refractivity contribution in [3.05, 3.63) is 32.8 Å². The lowest BCUT2D eigenvalue weighted by atomic mass is 10.2. The van der Waals surface area contributed by atoms with Crippen LogP contribution < -0.4 is 5.32 Å². The lowest BCUT2D eigenvalue weighted by Crippen LogP contribution is -2.23. The number of rotatable bonds is 6. The van der Waals surface area contributed by atoms with E-state index in [-0.39, 0.29) is 5.69 Å². The molecule has 94 valence electrons. The molecule has 0 aliphatic rings. The average molecular weight is 305 g/mol. The van der Waals surface area contributed by atoms with Crippen LogP contribution in [0.1, 0.15) is 0 Å². The van der Waals surface area contributed by atoms with Gasteiger partial charge in [0.05, 0.1) is 11.5 Å². The summed E-state index contributed by atoms with van der Waals surface area (Å²) in [7, 11) is 3.01. The summed E-state index contributed by atoms with van der Waals surface area (Å²) < 4.78 is 10.7. The molecule has 0 aromatic heterocycles. The van der Waals surface area contributed by atoms with Gasteiger partial charge in [0, 0.05) is 24.8 Å². The molecule has 0 heterocycles. The third-order valence-corrected chi connectivity index (χ3v) is 2.63. The molecular weight excluding hydrogens is 292 g/mol. The van der Waals surface area contributed by atoms with Crippen LogP contribution >= 0.6 is 15.9 Å². The van der Waals surface area contributed by atoms with E-state index in [0.717, 1.165) is 4.47 Å². The second-order valence-electron chi connectivity index (χ2n) is 3.20. The van der Waals surface area contributed by atoms with Crippen molar-refractivity contribution >= 4 is 27.3 Å². The maximum absolute atomic E-state index is 10.8. The predicted octanol–water partition coefficient (Wildman–Crippen LogP) is 2.39. The third kappa shape index (κ3) is 3.95. The van der Waals surface area contributed by atoms with Crippen molar-refractivity contribution in [1.82, 2.24) is 0 Å². The van der Waals surface area contributed by atoms with Gasteiger partial charge in [0.2, 0.25) is 0 Å². The summed E-state index contributed by atoms with van der Waals surface area (Å²) in [5.41, 5.74) is 0.433. The Hall–Kier alpha value is -1.18. The fraction of sp³-hybridized carbons (Fsp3) is 0.400. The van der Waals surface area contributed by atoms with Crippen molar-refractivity contribution < 1.29 is 14.4 Å². The van der Waals surface area contributed by atoms with Crippen molar-refractivity contribution in [3.8, 4) is 0 Å². The van der Waals surface area contributed by atoms with Crippen LogP contribution in [0.15, 0.2) is 22.7 Å². The van der Waals surface area contributed by atoms with Crippen LogP contribution in [0.5, 0.6) is 0 Å². The number of ether oxygens (including phenoxy) is 2. The zero-order valence-electron chi connectivity index (χ0n) is 9.47. The van der Waals surface area contributed by atoms with E-state index in [1.165, 1.54) is 20.3 Å². The molecule has 0 fully saturated rings. The highest BCUT2D eigenvalue weighted by Gasteiger charge is 2.15. The quantitative estimate of drug-likeness (QED) is 0.496. The van der Waals surface area contributed by atoms with Crippen molar-refractivity contribution in [2.45, 2.75) is 6.29 Å². The van der Waals surface area contributed by atoms with Gasteiger partial charge < -0.3 is 14.8 Å². The van der Waals surface area contributed by atoms with Gasteiger partial charge in [-0.1, -0.05) is 15.9 Å². The van der Waals surface area contributed by atoms with Gasteiger partial charge in [-0.15, -0.1) is 0 Å². The molecule has 7 heteroatoms. The lowest BCUT2D eigenvalue weighted by molar-refractivity contribution is -0.384. The number of nitrogens with zero attached hydrogens (tertiary/aromatic N) is 1. The SMILES string of the molecule is COC(CNc1cc(Br)ccc1[N+](=O)[O-])OC. The van der Waals surface area contributed by atoms with Gasteiger partial charge in [0.25, 0.3) is 5.69 Å². The van der Waals surface area contributed by atoms with E-state index in [4.69, 9.17) is 9.47 Å². The highest BCUT2D eigenvalue weighted by atomic mass is 79.9. The molecule has 0 saturated heterocycles. The molecule has 1 aromatic carbocycles. The molecule has 17 heavy (non-hydrogen) atoms. The summed E-state index contributed by atoms with van der Waals surface area (Å²) >= 11 is 3.26. The number of benzene rings is 1. The summed E-state index contributed by atoms with van der Waals surface area (Å²) in [6, 6.07) is 4.69. The number of hydrogen-bond donors (Lipinski definition) is 1. The number of anilines is 1. The molecule has 0 bridgehead atoms. The molecule has 1 rings (SSSR count). The number of nitro groups is 1. The first-order valence-electron chi connectivity index (χ1n) is 4.82. The van der Waals surface area contributed by atoms with E-state index in [1.54, 1.807) is 12.1 Å². The van der Waals surface area contributed by atoms with Gasteiger partial charge in [0.1, 0.15) is 5.69 Å². The van der Waals surface area contributed by atoms with Crippen LogP contribution in [0.4, 0.5) is 11.4 Å². The predicted molar refractivity (Wildman–Crippen MR) is 67.1 cm³/mol. The van der Waals surface area contributed by atoms with Crippen molar-refractivity contribution in [1.29, 1.82) is 0 Å². The largest absolute Gasteiger partial charge is 0.374 e. The maximum Gasteiger partial charge on any atom is 0.292 e. The van der Waals surface area contributed by atoms with Crippen molar-refractivity contribution in [3.63, 3.8) is 0 Å². The van der Waals surface area contributed by atoms with Gasteiger partial charge in [-0.05, 0) is 12.1 Å². The first kappa shape index (κ1) is 13.9. The molecule has 0 atom stereocenters. The molecule has 0 amide bonds. The number of halogens is 1. The Balaban J connectivity index is 2.81. The standard InChI is InChI=1S/C10H13BrN2O4/c1-16-10(17-2)6-12-8-5-7(11)3-4-9(8)13(14)15/h3-5,10,12H,6H2,1-2H3. The smallest absolute Gasteiger partial charge is 0.292 e. The Kier molecular flexibility index (Phi) is 5.33. The normalized spacial score (nSPS) is 10.6. The number of methoxy groups -OCH3 is 2. The first-order chi connectivity index (χ1) is 8.08. The minimum Gasteiger partial charge on any atom is -0.374 e. The number of hydrogen-bond acceptors (Lipinski definition) is 5. The summed E-state index contributed by atoms with van der Waals surface area (Å²) in [5.74, 6) is 0. The molecule has 0 spiro atoms. The molecule has 0 aliphatic heterocycles. The summed E-state index contributed by atoms with van der Waals surface area (Å²) in [4.78, 5) is 10.4. The summed E-state index contributed by atoms with van der Waals surface area (Å²) in [6.45, 7) is 0.324. The fourth-order valence-electron chi connectivity index (χ4n) is 1.27. The highest BCUT2D eigenvalue weighted by molar-refractivity contribution is 9.10. The van der Waals surface area contributed by atoms with Crippen molar-refractivity contribution in [2.75, 3.05) is 26.1 Å². The zero-order chi connectivity index (χ0) is 12.8. The molecular formula is C10H13BrN2O4. The first-order valence-corrected chi connectivity index (χ1v) is 5.61. The maximum atomic E-state index is 10.8. The van der Waals surface area contributed by atoms with Gasteiger partial charge in [-0.25, -0.2) is 0 Å². The van der Waals surface area contributed by atoms with Crippen LogP contribution in [0.2, 0.25) is 0 Å². The monoisotopic (exact) mass is 304 g/mol. The highest BCUT2D eigenvalue weighted by Crippen LogP contribution is 2.27. The summed E-state index contributed by atoms with van der Waals surface area (Å²) in [5, 5.41) is 13.7. The topological polar surface area (TPSA) is 73.6 Å².